The Bertz CT molecular complexity index is 221. The van der Waals surface area contributed by atoms with Crippen LogP contribution in [0.15, 0.2) is 30.3 Å². The second-order valence-electron chi connectivity index (χ2n) is 3.56. The van der Waals surface area contributed by atoms with Crippen molar-refractivity contribution in [3.05, 3.63) is 30.3 Å². The fourth-order valence-corrected chi connectivity index (χ4v) is 3.09. The lowest BCUT2D eigenvalue weighted by atomic mass is 10.3. The number of benzene rings is 1. The Morgan fingerprint density at radius 3 is 2.33 bits per heavy atom. The van der Waals surface area contributed by atoms with Gasteiger partial charge >= 0.3 is 0 Å². The third-order valence-electron chi connectivity index (χ3n) is 1.88. The minimum absolute atomic E-state index is 0.604. The molecule has 66 valence electrons. The summed E-state index contributed by atoms with van der Waals surface area (Å²) in [7, 11) is -1.62. The van der Waals surface area contributed by atoms with Gasteiger partial charge in [0, 0.05) is 0 Å². The molecule has 1 unspecified atom stereocenters. The van der Waals surface area contributed by atoms with Gasteiger partial charge < -0.3 is 4.80 Å². The fourth-order valence-electron chi connectivity index (χ4n) is 1.26. The lowest BCUT2D eigenvalue weighted by Crippen LogP contribution is -2.30. The predicted molar refractivity (Wildman–Crippen MR) is 55.1 cm³/mol. The van der Waals surface area contributed by atoms with Crippen molar-refractivity contribution in [1.29, 1.82) is 0 Å². The van der Waals surface area contributed by atoms with E-state index >= 15 is 0 Å². The van der Waals surface area contributed by atoms with Crippen LogP contribution in [0.3, 0.4) is 0 Å². The predicted octanol–water partition coefficient (Wildman–Crippen LogP) is 1.27. The van der Waals surface area contributed by atoms with E-state index in [0.717, 1.165) is 11.2 Å². The largest absolute Gasteiger partial charge is 0.430 e. The molecule has 1 rings (SSSR count). The van der Waals surface area contributed by atoms with Gasteiger partial charge in [0.25, 0.3) is 0 Å². The van der Waals surface area contributed by atoms with E-state index in [1.165, 1.54) is 0 Å². The van der Waals surface area contributed by atoms with E-state index in [4.69, 9.17) is 0 Å². The summed E-state index contributed by atoms with van der Waals surface area (Å²) in [5.41, 5.74) is 0. The van der Waals surface area contributed by atoms with Gasteiger partial charge in [-0.1, -0.05) is 44.2 Å². The summed E-state index contributed by atoms with van der Waals surface area (Å²) in [5, 5.41) is 1.16. The fraction of sp³-hybridized carbons (Fsp3) is 0.400. The Morgan fingerprint density at radius 2 is 1.83 bits per heavy atom. The molecule has 0 saturated heterocycles. The van der Waals surface area contributed by atoms with Crippen molar-refractivity contribution < 1.29 is 4.80 Å². The van der Waals surface area contributed by atoms with E-state index in [1.54, 1.807) is 0 Å². The smallest absolute Gasteiger partial charge is 0.204 e. The molecule has 1 nitrogen and oxygen atoms in total. The molecule has 0 saturated carbocycles. The van der Waals surface area contributed by atoms with Gasteiger partial charge in [0.2, 0.25) is 9.04 Å². The van der Waals surface area contributed by atoms with Crippen LogP contribution in [0.5, 0.6) is 0 Å². The topological polar surface area (TPSA) is 20.2 Å². The highest BCUT2D eigenvalue weighted by Gasteiger charge is 2.10. The van der Waals surface area contributed by atoms with Gasteiger partial charge in [-0.25, -0.2) is 0 Å². The maximum atomic E-state index is 9.83. The molecule has 0 spiro atoms. The zero-order chi connectivity index (χ0) is 8.97. The van der Waals surface area contributed by atoms with Crippen LogP contribution in [0.4, 0.5) is 0 Å². The molecule has 0 amide bonds. The van der Waals surface area contributed by atoms with Crippen molar-refractivity contribution >= 4 is 14.2 Å². The number of hydrogen-bond donors (Lipinski definition) is 1. The van der Waals surface area contributed by atoms with Crippen LogP contribution in [0.2, 0.25) is 6.04 Å². The van der Waals surface area contributed by atoms with E-state index in [0.29, 0.717) is 5.92 Å². The molecule has 0 radical (unpaired) electrons. The Labute approximate surface area is 75.8 Å². The van der Waals surface area contributed by atoms with Crippen LogP contribution in [0, 0.1) is 5.92 Å². The third-order valence-corrected chi connectivity index (χ3v) is 4.42. The first-order chi connectivity index (χ1) is 5.70. The highest BCUT2D eigenvalue weighted by atomic mass is 28.3. The van der Waals surface area contributed by atoms with Crippen molar-refractivity contribution in [1.82, 2.24) is 0 Å². The average molecular weight is 180 g/mol. The molecular formula is C10H16OSi. The van der Waals surface area contributed by atoms with Gasteiger partial charge in [0.15, 0.2) is 0 Å². The Morgan fingerprint density at radius 1 is 1.25 bits per heavy atom. The second-order valence-corrected chi connectivity index (χ2v) is 5.73. The van der Waals surface area contributed by atoms with Crippen molar-refractivity contribution in [2.45, 2.75) is 19.9 Å². The summed E-state index contributed by atoms with van der Waals surface area (Å²) in [6.45, 7) is 4.30. The van der Waals surface area contributed by atoms with E-state index < -0.39 is 9.04 Å². The molecule has 0 fully saturated rings. The molecule has 1 N–H and O–H groups in total. The minimum Gasteiger partial charge on any atom is -0.430 e. The maximum Gasteiger partial charge on any atom is 0.204 e. The van der Waals surface area contributed by atoms with E-state index in [9.17, 15) is 4.80 Å². The molecule has 0 bridgehead atoms. The molecule has 1 aromatic rings. The first-order valence-corrected chi connectivity index (χ1v) is 6.34. The summed E-state index contributed by atoms with van der Waals surface area (Å²) < 4.78 is 0. The Balaban J connectivity index is 2.59. The van der Waals surface area contributed by atoms with Crippen LogP contribution in [0.1, 0.15) is 13.8 Å². The van der Waals surface area contributed by atoms with E-state index in [-0.39, 0.29) is 0 Å². The molecule has 2 heteroatoms. The van der Waals surface area contributed by atoms with Crippen LogP contribution in [-0.2, 0) is 0 Å². The molecule has 0 heterocycles. The second kappa shape index (κ2) is 4.43. The molecule has 12 heavy (non-hydrogen) atoms. The van der Waals surface area contributed by atoms with Gasteiger partial charge in [-0.2, -0.15) is 0 Å². The molecule has 1 aromatic carbocycles. The normalized spacial score (nSPS) is 13.3. The summed E-state index contributed by atoms with van der Waals surface area (Å²) >= 11 is 0. The monoisotopic (exact) mass is 180 g/mol. The first kappa shape index (κ1) is 9.48. The summed E-state index contributed by atoms with van der Waals surface area (Å²) in [6, 6.07) is 11.0. The molecule has 1 atom stereocenters. The Kier molecular flexibility index (Phi) is 3.50. The van der Waals surface area contributed by atoms with Crippen molar-refractivity contribution in [3.8, 4) is 0 Å². The van der Waals surface area contributed by atoms with E-state index in [2.05, 4.69) is 13.8 Å². The lowest BCUT2D eigenvalue weighted by molar-refractivity contribution is 0.561. The third kappa shape index (κ3) is 2.79. The van der Waals surface area contributed by atoms with Crippen LogP contribution < -0.4 is 5.19 Å². The highest BCUT2D eigenvalue weighted by molar-refractivity contribution is 6.66. The van der Waals surface area contributed by atoms with Crippen LogP contribution in [-0.4, -0.2) is 13.8 Å². The molecule has 0 aliphatic heterocycles. The van der Waals surface area contributed by atoms with Gasteiger partial charge in [0.05, 0.1) is 0 Å². The van der Waals surface area contributed by atoms with Crippen molar-refractivity contribution in [3.63, 3.8) is 0 Å². The van der Waals surface area contributed by atoms with Crippen molar-refractivity contribution in [2.24, 2.45) is 5.92 Å². The van der Waals surface area contributed by atoms with E-state index in [1.807, 2.05) is 30.3 Å². The lowest BCUT2D eigenvalue weighted by Gasteiger charge is -2.10. The standard InChI is InChI=1S/C10H16OSi/c1-9(2)8-12(11)10-6-4-3-5-7-10/h3-7,9,11-12H,8H2,1-2H3. The SMILES string of the molecule is CC(C)C[SiH](O)c1ccccc1. The first-order valence-electron chi connectivity index (χ1n) is 4.43. The zero-order valence-corrected chi connectivity index (χ0v) is 8.85. The van der Waals surface area contributed by atoms with Gasteiger partial charge in [-0.3, -0.25) is 0 Å². The minimum atomic E-state index is -1.62. The van der Waals surface area contributed by atoms with Crippen LogP contribution >= 0.6 is 0 Å². The number of hydrogen-bond acceptors (Lipinski definition) is 1. The molecule has 0 aliphatic rings. The zero-order valence-electron chi connectivity index (χ0n) is 7.70. The molecule has 0 aromatic heterocycles. The van der Waals surface area contributed by atoms with Gasteiger partial charge in [-0.15, -0.1) is 0 Å². The highest BCUT2D eigenvalue weighted by Crippen LogP contribution is 2.03. The summed E-state index contributed by atoms with van der Waals surface area (Å²) in [4.78, 5) is 9.83. The van der Waals surface area contributed by atoms with Gasteiger partial charge in [0.1, 0.15) is 0 Å². The molecule has 0 aliphatic carbocycles. The summed E-state index contributed by atoms with van der Waals surface area (Å²) in [6.07, 6.45) is 0. The average Bonchev–Trinajstić information content (AvgIpc) is 2.05. The Hall–Kier alpha value is -0.603. The van der Waals surface area contributed by atoms with Crippen molar-refractivity contribution in [2.75, 3.05) is 0 Å². The number of rotatable bonds is 3. The van der Waals surface area contributed by atoms with Crippen LogP contribution in [0.25, 0.3) is 0 Å². The van der Waals surface area contributed by atoms with Gasteiger partial charge in [-0.05, 0) is 17.1 Å². The molecular weight excluding hydrogens is 164 g/mol. The maximum absolute atomic E-state index is 9.83. The summed E-state index contributed by atoms with van der Waals surface area (Å²) in [5.74, 6) is 0.604. The quantitative estimate of drug-likeness (QED) is 0.695.